The second-order valence-corrected chi connectivity index (χ2v) is 9.18. The lowest BCUT2D eigenvalue weighted by atomic mass is 9.68. The van der Waals surface area contributed by atoms with Crippen molar-refractivity contribution in [2.45, 2.75) is 5.41 Å². The third-order valence-electron chi connectivity index (χ3n) is 7.12. The van der Waals surface area contributed by atoms with E-state index in [-0.39, 0.29) is 16.9 Å². The van der Waals surface area contributed by atoms with Gasteiger partial charge in [0, 0.05) is 0 Å². The SMILES string of the molecule is O=C(O)c1ccc(C(=O)Oc2ccc(C3(c4ccc(O)cc4)c4ccccc4-c4ccccc43)cc2)cc1. The molecule has 0 spiro atoms. The van der Waals surface area contributed by atoms with Crippen LogP contribution in [0.2, 0.25) is 0 Å². The van der Waals surface area contributed by atoms with E-state index in [1.807, 2.05) is 48.5 Å². The van der Waals surface area contributed by atoms with Crippen LogP contribution in [-0.2, 0) is 5.41 Å². The summed E-state index contributed by atoms with van der Waals surface area (Å²) in [5, 5.41) is 19.1. The van der Waals surface area contributed by atoms with Crippen molar-refractivity contribution in [3.05, 3.63) is 155 Å². The number of esters is 1. The molecule has 184 valence electrons. The van der Waals surface area contributed by atoms with E-state index in [9.17, 15) is 14.7 Å². The summed E-state index contributed by atoms with van der Waals surface area (Å²) in [6.07, 6.45) is 0. The lowest BCUT2D eigenvalue weighted by molar-refractivity contribution is 0.0691. The Morgan fingerprint density at radius 2 is 1.05 bits per heavy atom. The van der Waals surface area contributed by atoms with E-state index in [0.717, 1.165) is 33.4 Å². The van der Waals surface area contributed by atoms with Crippen molar-refractivity contribution in [1.29, 1.82) is 0 Å². The fourth-order valence-electron chi connectivity index (χ4n) is 5.42. The Morgan fingerprint density at radius 3 is 1.58 bits per heavy atom. The van der Waals surface area contributed by atoms with Crippen LogP contribution in [0.1, 0.15) is 43.0 Å². The first-order valence-electron chi connectivity index (χ1n) is 12.1. The molecule has 0 amide bonds. The monoisotopic (exact) mass is 498 g/mol. The zero-order valence-corrected chi connectivity index (χ0v) is 20.2. The Balaban J connectivity index is 1.43. The van der Waals surface area contributed by atoms with E-state index in [2.05, 4.69) is 24.3 Å². The minimum atomic E-state index is -1.06. The van der Waals surface area contributed by atoms with Gasteiger partial charge in [-0.1, -0.05) is 72.8 Å². The maximum absolute atomic E-state index is 12.7. The fraction of sp³-hybridized carbons (Fsp3) is 0.0303. The predicted molar refractivity (Wildman–Crippen MR) is 144 cm³/mol. The summed E-state index contributed by atoms with van der Waals surface area (Å²) in [5.41, 5.74) is 6.30. The molecule has 5 heteroatoms. The Morgan fingerprint density at radius 1 is 0.579 bits per heavy atom. The maximum atomic E-state index is 12.7. The van der Waals surface area contributed by atoms with Gasteiger partial charge in [-0.2, -0.15) is 0 Å². The smallest absolute Gasteiger partial charge is 0.343 e. The second kappa shape index (κ2) is 9.05. The Bertz CT molecular complexity index is 1620. The van der Waals surface area contributed by atoms with Gasteiger partial charge in [-0.3, -0.25) is 0 Å². The highest BCUT2D eigenvalue weighted by Gasteiger charge is 2.45. The van der Waals surface area contributed by atoms with Crippen LogP contribution in [0.3, 0.4) is 0 Å². The quantitative estimate of drug-likeness (QED) is 0.205. The van der Waals surface area contributed by atoms with Crippen molar-refractivity contribution in [1.82, 2.24) is 0 Å². The van der Waals surface area contributed by atoms with Crippen molar-refractivity contribution in [3.8, 4) is 22.6 Å². The van der Waals surface area contributed by atoms with Crippen LogP contribution in [0.5, 0.6) is 11.5 Å². The van der Waals surface area contributed by atoms with Gasteiger partial charge in [0.2, 0.25) is 0 Å². The minimum absolute atomic E-state index is 0.0996. The van der Waals surface area contributed by atoms with E-state index >= 15 is 0 Å². The van der Waals surface area contributed by atoms with Gasteiger partial charge in [-0.05, 0) is 81.9 Å². The number of benzene rings is 5. The first kappa shape index (κ1) is 23.3. The van der Waals surface area contributed by atoms with Gasteiger partial charge in [0.25, 0.3) is 0 Å². The third kappa shape index (κ3) is 3.64. The summed E-state index contributed by atoms with van der Waals surface area (Å²) >= 11 is 0. The van der Waals surface area contributed by atoms with Crippen molar-refractivity contribution < 1.29 is 24.5 Å². The molecule has 0 heterocycles. The van der Waals surface area contributed by atoms with Crippen LogP contribution in [0.25, 0.3) is 11.1 Å². The summed E-state index contributed by atoms with van der Waals surface area (Å²) in [6, 6.07) is 37.0. The highest BCUT2D eigenvalue weighted by Crippen LogP contribution is 2.56. The molecule has 0 bridgehead atoms. The van der Waals surface area contributed by atoms with Crippen LogP contribution in [0.15, 0.2) is 121 Å². The lowest BCUT2D eigenvalue weighted by Gasteiger charge is -2.34. The summed E-state index contributed by atoms with van der Waals surface area (Å²) in [7, 11) is 0. The number of rotatable bonds is 5. The normalized spacial score (nSPS) is 12.8. The van der Waals surface area contributed by atoms with Gasteiger partial charge in [0.1, 0.15) is 11.5 Å². The molecule has 5 nitrogen and oxygen atoms in total. The lowest BCUT2D eigenvalue weighted by Crippen LogP contribution is -2.28. The number of carbonyl (C=O) groups excluding carboxylic acids is 1. The largest absolute Gasteiger partial charge is 0.508 e. The number of ether oxygens (including phenoxy) is 1. The van der Waals surface area contributed by atoms with Crippen molar-refractivity contribution in [2.24, 2.45) is 0 Å². The molecule has 0 saturated heterocycles. The van der Waals surface area contributed by atoms with Gasteiger partial charge in [-0.15, -0.1) is 0 Å². The molecule has 1 aliphatic rings. The van der Waals surface area contributed by atoms with Crippen LogP contribution >= 0.6 is 0 Å². The van der Waals surface area contributed by atoms with Crippen LogP contribution in [0, 0.1) is 0 Å². The zero-order chi connectivity index (χ0) is 26.3. The molecule has 5 aromatic rings. The second-order valence-electron chi connectivity index (χ2n) is 9.18. The predicted octanol–water partition coefficient (Wildman–Crippen LogP) is 6.67. The van der Waals surface area contributed by atoms with E-state index in [1.54, 1.807) is 24.3 Å². The molecule has 2 N–H and O–H groups in total. The van der Waals surface area contributed by atoms with E-state index in [4.69, 9.17) is 9.84 Å². The molecule has 0 saturated carbocycles. The molecular weight excluding hydrogens is 476 g/mol. The van der Waals surface area contributed by atoms with Crippen LogP contribution in [-0.4, -0.2) is 22.2 Å². The molecule has 0 aliphatic heterocycles. The molecule has 5 aromatic carbocycles. The highest BCUT2D eigenvalue weighted by atomic mass is 16.5. The van der Waals surface area contributed by atoms with Gasteiger partial charge >= 0.3 is 11.9 Å². The number of phenolic OH excluding ortho intramolecular Hbond substituents is 1. The fourth-order valence-corrected chi connectivity index (χ4v) is 5.42. The molecule has 0 radical (unpaired) electrons. The number of phenols is 1. The van der Waals surface area contributed by atoms with E-state index in [0.29, 0.717) is 5.75 Å². The van der Waals surface area contributed by atoms with Gasteiger partial charge in [0.15, 0.2) is 0 Å². The standard InChI is InChI=1S/C33H22O5/c34-25-17-13-23(14-18-25)33(29-7-3-1-5-27(29)28-6-2-4-8-30(28)33)24-15-19-26(20-16-24)38-32(37)22-11-9-21(10-12-22)31(35)36/h1-20,34H,(H,35,36). The Kier molecular flexibility index (Phi) is 5.54. The first-order chi connectivity index (χ1) is 18.5. The molecular formula is C33H22O5. The number of fused-ring (bicyclic) bond motifs is 3. The summed E-state index contributed by atoms with van der Waals surface area (Å²) in [4.78, 5) is 23.8. The summed E-state index contributed by atoms with van der Waals surface area (Å²) < 4.78 is 5.59. The number of hydrogen-bond acceptors (Lipinski definition) is 4. The molecule has 6 rings (SSSR count). The van der Waals surface area contributed by atoms with Crippen molar-refractivity contribution in [3.63, 3.8) is 0 Å². The number of hydrogen-bond donors (Lipinski definition) is 2. The van der Waals surface area contributed by atoms with Crippen LogP contribution < -0.4 is 4.74 Å². The van der Waals surface area contributed by atoms with Crippen molar-refractivity contribution >= 4 is 11.9 Å². The molecule has 0 fully saturated rings. The number of carbonyl (C=O) groups is 2. The molecule has 0 aromatic heterocycles. The molecule has 0 unspecified atom stereocenters. The molecule has 38 heavy (non-hydrogen) atoms. The van der Waals surface area contributed by atoms with Gasteiger partial charge in [0.05, 0.1) is 16.5 Å². The topological polar surface area (TPSA) is 83.8 Å². The maximum Gasteiger partial charge on any atom is 0.343 e. The third-order valence-corrected chi connectivity index (χ3v) is 7.12. The van der Waals surface area contributed by atoms with Gasteiger partial charge in [-0.25, -0.2) is 9.59 Å². The number of aromatic carboxylic acids is 1. The summed E-state index contributed by atoms with van der Waals surface area (Å²) in [6.45, 7) is 0. The highest BCUT2D eigenvalue weighted by molar-refractivity contribution is 5.93. The Labute approximate surface area is 219 Å². The van der Waals surface area contributed by atoms with Crippen LogP contribution in [0.4, 0.5) is 0 Å². The molecule has 1 aliphatic carbocycles. The van der Waals surface area contributed by atoms with Crippen molar-refractivity contribution in [2.75, 3.05) is 0 Å². The van der Waals surface area contributed by atoms with Gasteiger partial charge < -0.3 is 14.9 Å². The first-order valence-corrected chi connectivity index (χ1v) is 12.1. The summed E-state index contributed by atoms with van der Waals surface area (Å²) in [5.74, 6) is -1.05. The Hall–Kier alpha value is -5.16. The average Bonchev–Trinajstić information content (AvgIpc) is 3.25. The number of aromatic hydroxyl groups is 1. The number of carboxylic acids is 1. The number of carboxylic acid groups (broad SMARTS) is 1. The minimum Gasteiger partial charge on any atom is -0.508 e. The average molecular weight is 499 g/mol. The van der Waals surface area contributed by atoms with E-state index in [1.165, 1.54) is 24.3 Å². The van der Waals surface area contributed by atoms with E-state index < -0.39 is 17.4 Å². The molecule has 0 atom stereocenters. The zero-order valence-electron chi connectivity index (χ0n) is 20.2.